The first kappa shape index (κ1) is 19.7. The monoisotopic (exact) mass is 387 g/mol. The van der Waals surface area contributed by atoms with Crippen LogP contribution in [-0.2, 0) is 24.1 Å². The zero-order valence-electron chi connectivity index (χ0n) is 17.2. The minimum absolute atomic E-state index is 0.0894. The van der Waals surface area contributed by atoms with E-state index >= 15 is 0 Å². The molecule has 1 amide bonds. The van der Waals surface area contributed by atoms with Gasteiger partial charge in [0.15, 0.2) is 0 Å². The molecule has 150 valence electrons. The van der Waals surface area contributed by atoms with Crippen molar-refractivity contribution in [2.24, 2.45) is 5.92 Å². The minimum atomic E-state index is -0.516. The molecule has 1 saturated heterocycles. The number of fused-ring (bicyclic) bond motifs is 1. The van der Waals surface area contributed by atoms with Gasteiger partial charge in [-0.1, -0.05) is 54.6 Å². The number of benzene rings is 2. The van der Waals surface area contributed by atoms with E-state index in [0.29, 0.717) is 13.1 Å². The van der Waals surface area contributed by atoms with E-state index in [4.69, 9.17) is 0 Å². The lowest BCUT2D eigenvalue weighted by molar-refractivity contribution is -0.144. The second-order valence-corrected chi connectivity index (χ2v) is 8.51. The Kier molecular flexibility index (Phi) is 5.69. The molecule has 1 heterocycles. The lowest BCUT2D eigenvalue weighted by Gasteiger charge is -2.42. The van der Waals surface area contributed by atoms with Gasteiger partial charge >= 0.3 is 0 Å². The van der Waals surface area contributed by atoms with E-state index in [9.17, 15) is 10.1 Å². The number of piperidine rings is 1. The molecule has 0 bridgehead atoms. The van der Waals surface area contributed by atoms with Crippen LogP contribution in [0.15, 0.2) is 54.6 Å². The fraction of sp³-hybridized carbons (Fsp3) is 0.440. The van der Waals surface area contributed by atoms with E-state index in [-0.39, 0.29) is 11.8 Å². The van der Waals surface area contributed by atoms with Crippen LogP contribution < -0.4 is 0 Å². The van der Waals surface area contributed by atoms with E-state index in [0.717, 1.165) is 38.6 Å². The highest BCUT2D eigenvalue weighted by molar-refractivity contribution is 5.88. The average molecular weight is 388 g/mol. The standard InChI is InChI=1S/C25H29N3O/c1-27(14-11-20-7-3-2-4-8-20)25(17-22-9-5-6-10-23(22)18-25)24(29)28-15-12-21(19-26)13-16-28/h2-10,21H,11-18H2,1H3. The molecule has 0 spiro atoms. The second kappa shape index (κ2) is 8.39. The number of rotatable bonds is 5. The van der Waals surface area contributed by atoms with Crippen LogP contribution in [0.25, 0.3) is 0 Å². The first-order valence-electron chi connectivity index (χ1n) is 10.6. The van der Waals surface area contributed by atoms with Crippen LogP contribution in [0.3, 0.4) is 0 Å². The van der Waals surface area contributed by atoms with Gasteiger partial charge in [-0.2, -0.15) is 5.26 Å². The molecule has 0 unspecified atom stereocenters. The molecule has 1 fully saturated rings. The fourth-order valence-corrected chi connectivity index (χ4v) is 4.84. The van der Waals surface area contributed by atoms with Crippen molar-refractivity contribution in [1.82, 2.24) is 9.80 Å². The topological polar surface area (TPSA) is 47.3 Å². The third-order valence-corrected chi connectivity index (χ3v) is 6.76. The number of hydrogen-bond acceptors (Lipinski definition) is 3. The summed E-state index contributed by atoms with van der Waals surface area (Å²) in [4.78, 5) is 18.1. The zero-order valence-corrected chi connectivity index (χ0v) is 17.2. The number of amides is 1. The summed E-state index contributed by atoms with van der Waals surface area (Å²) in [6.45, 7) is 2.24. The molecule has 0 saturated carbocycles. The molecule has 0 radical (unpaired) electrons. The molecule has 4 rings (SSSR count). The van der Waals surface area contributed by atoms with Gasteiger partial charge in [0.05, 0.1) is 6.07 Å². The molecule has 0 atom stereocenters. The number of carbonyl (C=O) groups excluding carboxylic acids is 1. The summed E-state index contributed by atoms with van der Waals surface area (Å²) in [6.07, 6.45) is 4.05. The number of nitrogens with zero attached hydrogens (tertiary/aromatic N) is 3. The van der Waals surface area contributed by atoms with Crippen LogP contribution >= 0.6 is 0 Å². The van der Waals surface area contributed by atoms with Crippen LogP contribution in [0.1, 0.15) is 29.5 Å². The van der Waals surface area contributed by atoms with Gasteiger partial charge in [0.1, 0.15) is 5.54 Å². The molecule has 2 aliphatic rings. The number of nitriles is 1. The van der Waals surface area contributed by atoms with Gasteiger partial charge in [-0.15, -0.1) is 0 Å². The molecule has 0 N–H and O–H groups in total. The lowest BCUT2D eigenvalue weighted by atomic mass is 9.89. The number of hydrogen-bond donors (Lipinski definition) is 0. The largest absolute Gasteiger partial charge is 0.341 e. The quantitative estimate of drug-likeness (QED) is 0.789. The van der Waals surface area contributed by atoms with Crippen molar-refractivity contribution >= 4 is 5.91 Å². The Hall–Kier alpha value is -2.64. The Labute approximate surface area is 173 Å². The van der Waals surface area contributed by atoms with Crippen LogP contribution in [-0.4, -0.2) is 47.9 Å². The van der Waals surface area contributed by atoms with Crippen LogP contribution in [0.4, 0.5) is 0 Å². The molecule has 2 aromatic rings. The Balaban J connectivity index is 1.55. The van der Waals surface area contributed by atoms with E-state index in [1.807, 2.05) is 11.0 Å². The Bertz CT molecular complexity index is 869. The predicted octanol–water partition coefficient (Wildman–Crippen LogP) is 3.46. The molecule has 4 heteroatoms. The smallest absolute Gasteiger partial charge is 0.243 e. The highest BCUT2D eigenvalue weighted by Gasteiger charge is 2.49. The van der Waals surface area contributed by atoms with Gasteiger partial charge in [0, 0.05) is 38.4 Å². The predicted molar refractivity (Wildman–Crippen MR) is 114 cm³/mol. The summed E-state index contributed by atoms with van der Waals surface area (Å²) in [6, 6.07) is 21.3. The summed E-state index contributed by atoms with van der Waals surface area (Å²) in [5.41, 5.74) is 3.36. The van der Waals surface area contributed by atoms with Crippen molar-refractivity contribution in [3.05, 3.63) is 71.3 Å². The minimum Gasteiger partial charge on any atom is -0.341 e. The van der Waals surface area contributed by atoms with E-state index in [1.165, 1.54) is 16.7 Å². The zero-order chi connectivity index (χ0) is 20.3. The van der Waals surface area contributed by atoms with E-state index < -0.39 is 5.54 Å². The van der Waals surface area contributed by atoms with Gasteiger partial charge in [0.2, 0.25) is 5.91 Å². The summed E-state index contributed by atoms with van der Waals surface area (Å²) in [5, 5.41) is 9.20. The van der Waals surface area contributed by atoms with Crippen LogP contribution in [0, 0.1) is 17.2 Å². The second-order valence-electron chi connectivity index (χ2n) is 8.51. The van der Waals surface area contributed by atoms with Gasteiger partial charge in [-0.05, 0) is 43.0 Å². The van der Waals surface area contributed by atoms with Crippen molar-refractivity contribution < 1.29 is 4.79 Å². The third-order valence-electron chi connectivity index (χ3n) is 6.76. The maximum atomic E-state index is 13.8. The maximum absolute atomic E-state index is 13.8. The van der Waals surface area contributed by atoms with Crippen molar-refractivity contribution in [1.29, 1.82) is 5.26 Å². The van der Waals surface area contributed by atoms with Crippen molar-refractivity contribution in [2.45, 2.75) is 37.6 Å². The van der Waals surface area contributed by atoms with Crippen molar-refractivity contribution in [3.63, 3.8) is 0 Å². The molecule has 4 nitrogen and oxygen atoms in total. The van der Waals surface area contributed by atoms with Gasteiger partial charge < -0.3 is 4.90 Å². The number of likely N-dealkylation sites (N-methyl/N-ethyl adjacent to an activating group) is 1. The summed E-state index contributed by atoms with van der Waals surface area (Å²) < 4.78 is 0. The van der Waals surface area contributed by atoms with Crippen molar-refractivity contribution in [3.8, 4) is 6.07 Å². The molecule has 1 aliphatic heterocycles. The number of likely N-dealkylation sites (tertiary alicyclic amines) is 1. The van der Waals surface area contributed by atoms with Crippen molar-refractivity contribution in [2.75, 3.05) is 26.7 Å². The summed E-state index contributed by atoms with van der Waals surface area (Å²) >= 11 is 0. The molecule has 2 aromatic carbocycles. The van der Waals surface area contributed by atoms with Crippen LogP contribution in [0.2, 0.25) is 0 Å². The Morgan fingerprint density at radius 1 is 1.07 bits per heavy atom. The summed E-state index contributed by atoms with van der Waals surface area (Å²) in [7, 11) is 2.11. The first-order chi connectivity index (χ1) is 14.1. The lowest BCUT2D eigenvalue weighted by Crippen LogP contribution is -2.60. The van der Waals surface area contributed by atoms with Crippen LogP contribution in [0.5, 0.6) is 0 Å². The maximum Gasteiger partial charge on any atom is 0.243 e. The molecule has 0 aromatic heterocycles. The highest BCUT2D eigenvalue weighted by atomic mass is 16.2. The first-order valence-corrected chi connectivity index (χ1v) is 10.6. The normalized spacial score (nSPS) is 18.4. The SMILES string of the molecule is CN(CCc1ccccc1)C1(C(=O)N2CCC(C#N)CC2)Cc2ccccc2C1. The molecular formula is C25H29N3O. The van der Waals surface area contributed by atoms with E-state index in [1.54, 1.807) is 0 Å². The average Bonchev–Trinajstić information content (AvgIpc) is 3.18. The fourth-order valence-electron chi connectivity index (χ4n) is 4.84. The third kappa shape index (κ3) is 3.93. The summed E-state index contributed by atoms with van der Waals surface area (Å²) in [5.74, 6) is 0.326. The van der Waals surface area contributed by atoms with Gasteiger partial charge in [-0.3, -0.25) is 9.69 Å². The van der Waals surface area contributed by atoms with Gasteiger partial charge in [0.25, 0.3) is 0 Å². The molecule has 29 heavy (non-hydrogen) atoms. The van der Waals surface area contributed by atoms with E-state index in [2.05, 4.69) is 66.5 Å². The highest BCUT2D eigenvalue weighted by Crippen LogP contribution is 2.36. The molecular weight excluding hydrogens is 358 g/mol. The molecule has 1 aliphatic carbocycles. The van der Waals surface area contributed by atoms with Gasteiger partial charge in [-0.25, -0.2) is 0 Å². The Morgan fingerprint density at radius 3 is 2.24 bits per heavy atom. The Morgan fingerprint density at radius 2 is 1.66 bits per heavy atom. The number of carbonyl (C=O) groups is 1.